The summed E-state index contributed by atoms with van der Waals surface area (Å²) in [6, 6.07) is 1.89. The van der Waals surface area contributed by atoms with Crippen molar-refractivity contribution in [3.63, 3.8) is 0 Å². The molecule has 0 aliphatic heterocycles. The standard InChI is InChI=1S/C13H14N6O2S/c1-3-14-10(20)6-11-16-12(18-21-11)9-7-22-13(15-9)8-4-5-19(2)17-8/h4-5,7H,3,6H2,1-2H3,(H,14,20). The summed E-state index contributed by atoms with van der Waals surface area (Å²) in [6.07, 6.45) is 1.92. The van der Waals surface area contributed by atoms with Crippen molar-refractivity contribution in [2.24, 2.45) is 7.05 Å². The fraction of sp³-hybridized carbons (Fsp3) is 0.308. The van der Waals surface area contributed by atoms with E-state index in [1.54, 1.807) is 4.68 Å². The maximum atomic E-state index is 11.5. The third-order valence-corrected chi connectivity index (χ3v) is 3.68. The van der Waals surface area contributed by atoms with Crippen molar-refractivity contribution in [2.45, 2.75) is 13.3 Å². The fourth-order valence-electron chi connectivity index (χ4n) is 1.85. The lowest BCUT2D eigenvalue weighted by Crippen LogP contribution is -2.24. The van der Waals surface area contributed by atoms with Crippen molar-refractivity contribution in [1.82, 2.24) is 30.2 Å². The van der Waals surface area contributed by atoms with Gasteiger partial charge in [0.05, 0.1) is 0 Å². The van der Waals surface area contributed by atoms with E-state index in [1.807, 2.05) is 31.6 Å². The van der Waals surface area contributed by atoms with Crippen molar-refractivity contribution in [3.05, 3.63) is 23.5 Å². The van der Waals surface area contributed by atoms with E-state index in [-0.39, 0.29) is 18.2 Å². The van der Waals surface area contributed by atoms with Gasteiger partial charge in [0.1, 0.15) is 22.8 Å². The Morgan fingerprint density at radius 3 is 3.00 bits per heavy atom. The van der Waals surface area contributed by atoms with Crippen molar-refractivity contribution >= 4 is 17.2 Å². The monoisotopic (exact) mass is 318 g/mol. The Morgan fingerprint density at radius 1 is 1.41 bits per heavy atom. The third-order valence-electron chi connectivity index (χ3n) is 2.82. The lowest BCUT2D eigenvalue weighted by molar-refractivity contribution is -0.120. The van der Waals surface area contributed by atoms with Crippen LogP contribution in [-0.2, 0) is 18.3 Å². The molecule has 22 heavy (non-hydrogen) atoms. The van der Waals surface area contributed by atoms with Gasteiger partial charge in [-0.1, -0.05) is 5.16 Å². The predicted molar refractivity (Wildman–Crippen MR) is 80.0 cm³/mol. The number of hydrogen-bond acceptors (Lipinski definition) is 7. The Labute approximate surface area is 130 Å². The van der Waals surface area contributed by atoms with Gasteiger partial charge < -0.3 is 9.84 Å². The minimum absolute atomic E-state index is 0.0675. The molecule has 3 aromatic rings. The normalized spacial score (nSPS) is 10.8. The zero-order valence-corrected chi connectivity index (χ0v) is 12.9. The third kappa shape index (κ3) is 3.03. The van der Waals surface area contributed by atoms with Gasteiger partial charge in [-0.25, -0.2) is 4.98 Å². The van der Waals surface area contributed by atoms with E-state index in [1.165, 1.54) is 11.3 Å². The van der Waals surface area contributed by atoms with Crippen LogP contribution in [0.25, 0.3) is 22.2 Å². The number of aromatic nitrogens is 5. The molecule has 0 atom stereocenters. The molecule has 3 aromatic heterocycles. The molecular formula is C13H14N6O2S. The van der Waals surface area contributed by atoms with Crippen LogP contribution >= 0.6 is 11.3 Å². The summed E-state index contributed by atoms with van der Waals surface area (Å²) in [5.74, 6) is 0.496. The zero-order chi connectivity index (χ0) is 15.5. The number of nitrogens with zero attached hydrogens (tertiary/aromatic N) is 5. The zero-order valence-electron chi connectivity index (χ0n) is 12.1. The number of carbonyl (C=O) groups excluding carboxylic acids is 1. The van der Waals surface area contributed by atoms with Crippen LogP contribution < -0.4 is 5.32 Å². The maximum absolute atomic E-state index is 11.5. The molecule has 0 saturated heterocycles. The van der Waals surface area contributed by atoms with Crippen LogP contribution in [0, 0.1) is 0 Å². The lowest BCUT2D eigenvalue weighted by Gasteiger charge is -1.96. The average molecular weight is 318 g/mol. The van der Waals surface area contributed by atoms with Gasteiger partial charge in [-0.2, -0.15) is 10.1 Å². The molecular weight excluding hydrogens is 304 g/mol. The second-order valence-electron chi connectivity index (χ2n) is 4.55. The smallest absolute Gasteiger partial charge is 0.236 e. The van der Waals surface area contributed by atoms with Crippen LogP contribution in [0.1, 0.15) is 12.8 Å². The summed E-state index contributed by atoms with van der Waals surface area (Å²) < 4.78 is 6.80. The summed E-state index contributed by atoms with van der Waals surface area (Å²) in [4.78, 5) is 20.1. The number of amides is 1. The molecule has 0 aliphatic rings. The Balaban J connectivity index is 1.76. The largest absolute Gasteiger partial charge is 0.356 e. The van der Waals surface area contributed by atoms with E-state index in [0.717, 1.165) is 10.7 Å². The Morgan fingerprint density at radius 2 is 2.27 bits per heavy atom. The maximum Gasteiger partial charge on any atom is 0.236 e. The Bertz CT molecular complexity index is 790. The van der Waals surface area contributed by atoms with Crippen LogP contribution in [0.3, 0.4) is 0 Å². The molecule has 0 unspecified atom stereocenters. The van der Waals surface area contributed by atoms with E-state index >= 15 is 0 Å². The van der Waals surface area contributed by atoms with E-state index in [2.05, 4.69) is 25.5 Å². The topological polar surface area (TPSA) is 98.7 Å². The number of hydrogen-bond donors (Lipinski definition) is 1. The number of aryl methyl sites for hydroxylation is 1. The number of rotatable bonds is 5. The van der Waals surface area contributed by atoms with Crippen LogP contribution in [0.15, 0.2) is 22.2 Å². The van der Waals surface area contributed by atoms with Gasteiger partial charge in [0.2, 0.25) is 17.6 Å². The highest BCUT2D eigenvalue weighted by Crippen LogP contribution is 2.26. The molecule has 9 heteroatoms. The predicted octanol–water partition coefficient (Wildman–Crippen LogP) is 1.27. The lowest BCUT2D eigenvalue weighted by atomic mass is 10.4. The molecule has 3 rings (SSSR count). The first kappa shape index (κ1) is 14.4. The van der Waals surface area contributed by atoms with Crippen molar-refractivity contribution in [1.29, 1.82) is 0 Å². The average Bonchev–Trinajstić information content (AvgIpc) is 3.18. The summed E-state index contributed by atoms with van der Waals surface area (Å²) >= 11 is 1.45. The quantitative estimate of drug-likeness (QED) is 0.760. The van der Waals surface area contributed by atoms with Crippen molar-refractivity contribution in [2.75, 3.05) is 6.54 Å². The molecule has 0 spiro atoms. The molecule has 0 saturated carbocycles. The second-order valence-corrected chi connectivity index (χ2v) is 5.41. The molecule has 0 bridgehead atoms. The van der Waals surface area contributed by atoms with Crippen LogP contribution in [0.4, 0.5) is 0 Å². The molecule has 0 fully saturated rings. The molecule has 1 amide bonds. The van der Waals surface area contributed by atoms with Gasteiger partial charge in [-0.05, 0) is 13.0 Å². The molecule has 0 aliphatic carbocycles. The van der Waals surface area contributed by atoms with E-state index in [9.17, 15) is 4.79 Å². The van der Waals surface area contributed by atoms with Crippen LogP contribution in [0.2, 0.25) is 0 Å². The Hall–Kier alpha value is -2.55. The summed E-state index contributed by atoms with van der Waals surface area (Å²) in [5.41, 5.74) is 1.40. The van der Waals surface area contributed by atoms with E-state index < -0.39 is 0 Å². The highest BCUT2D eigenvalue weighted by atomic mass is 32.1. The fourth-order valence-corrected chi connectivity index (χ4v) is 2.61. The number of carbonyl (C=O) groups is 1. The molecule has 1 N–H and O–H groups in total. The summed E-state index contributed by atoms with van der Waals surface area (Å²) in [7, 11) is 1.85. The molecule has 0 radical (unpaired) electrons. The van der Waals surface area contributed by atoms with Gasteiger partial charge >= 0.3 is 0 Å². The van der Waals surface area contributed by atoms with Crippen LogP contribution in [-0.4, -0.2) is 37.4 Å². The van der Waals surface area contributed by atoms with Gasteiger partial charge in [0, 0.05) is 25.2 Å². The number of nitrogens with one attached hydrogen (secondary N) is 1. The van der Waals surface area contributed by atoms with Gasteiger partial charge in [0.15, 0.2) is 0 Å². The Kier molecular flexibility index (Phi) is 3.96. The first-order valence-electron chi connectivity index (χ1n) is 6.71. The first-order chi connectivity index (χ1) is 10.7. The SMILES string of the molecule is CCNC(=O)Cc1nc(-c2csc(-c3ccn(C)n3)n2)no1. The molecule has 3 heterocycles. The molecule has 8 nitrogen and oxygen atoms in total. The van der Waals surface area contributed by atoms with Gasteiger partial charge in [-0.3, -0.25) is 9.48 Å². The van der Waals surface area contributed by atoms with Crippen molar-refractivity contribution in [3.8, 4) is 22.2 Å². The number of thiazole rings is 1. The summed E-state index contributed by atoms with van der Waals surface area (Å²) in [5, 5.41) is 13.5. The minimum Gasteiger partial charge on any atom is -0.356 e. The molecule has 0 aromatic carbocycles. The highest BCUT2D eigenvalue weighted by molar-refractivity contribution is 7.13. The highest BCUT2D eigenvalue weighted by Gasteiger charge is 2.15. The van der Waals surface area contributed by atoms with E-state index in [4.69, 9.17) is 4.52 Å². The minimum atomic E-state index is -0.148. The van der Waals surface area contributed by atoms with E-state index in [0.29, 0.717) is 18.1 Å². The van der Waals surface area contributed by atoms with Crippen molar-refractivity contribution < 1.29 is 9.32 Å². The van der Waals surface area contributed by atoms with Crippen LogP contribution in [0.5, 0.6) is 0 Å². The van der Waals surface area contributed by atoms with Gasteiger partial charge in [-0.15, -0.1) is 11.3 Å². The summed E-state index contributed by atoms with van der Waals surface area (Å²) in [6.45, 7) is 2.42. The molecule has 114 valence electrons. The second kappa shape index (κ2) is 6.06. The number of likely N-dealkylation sites (N-methyl/N-ethyl adjacent to an activating group) is 1. The first-order valence-corrected chi connectivity index (χ1v) is 7.59. The van der Waals surface area contributed by atoms with Gasteiger partial charge in [0.25, 0.3) is 0 Å².